The molecule has 0 spiro atoms. The maximum Gasteiger partial charge on any atom is 0.0777 e. The summed E-state index contributed by atoms with van der Waals surface area (Å²) in [5.74, 6) is 2.26. The Morgan fingerprint density at radius 3 is 2.54 bits per heavy atom. The van der Waals surface area contributed by atoms with Crippen LogP contribution in [0.4, 0.5) is 0 Å². The van der Waals surface area contributed by atoms with Crippen molar-refractivity contribution in [2.75, 3.05) is 0 Å². The van der Waals surface area contributed by atoms with Crippen molar-refractivity contribution in [3.63, 3.8) is 0 Å². The largest absolute Gasteiger partial charge is 0.360 e. The Hall–Kier alpha value is -3.33. The zero-order chi connectivity index (χ0) is 27.3. The van der Waals surface area contributed by atoms with Gasteiger partial charge in [-0.25, -0.2) is 0 Å². The summed E-state index contributed by atoms with van der Waals surface area (Å²) in [5, 5.41) is 0. The van der Waals surface area contributed by atoms with Crippen molar-refractivity contribution >= 4 is 16.6 Å². The number of nitrogens with zero attached hydrogens (tertiary/aromatic N) is 3. The molecule has 0 N–H and O–H groups in total. The normalized spacial score (nSPS) is 18.4. The molecule has 1 radical (unpaired) electrons. The summed E-state index contributed by atoms with van der Waals surface area (Å²) < 4.78 is 2.36. The zero-order valence-electron chi connectivity index (χ0n) is 23.9. The first kappa shape index (κ1) is 27.8. The topological polar surface area (TPSA) is 30.7 Å². The average molecular weight is 714 g/mol. The second kappa shape index (κ2) is 11.2. The van der Waals surface area contributed by atoms with Gasteiger partial charge in [0.15, 0.2) is 0 Å². The van der Waals surface area contributed by atoms with E-state index in [0.717, 1.165) is 35.1 Å². The first-order valence-electron chi connectivity index (χ1n) is 14.7. The van der Waals surface area contributed by atoms with Gasteiger partial charge in [0.25, 0.3) is 0 Å². The van der Waals surface area contributed by atoms with E-state index in [2.05, 4.69) is 97.1 Å². The summed E-state index contributed by atoms with van der Waals surface area (Å²) in [5.41, 5.74) is 11.6. The molecule has 0 amide bonds. The molecule has 2 aliphatic carbocycles. The van der Waals surface area contributed by atoms with Crippen LogP contribution in [-0.2, 0) is 32.1 Å². The predicted octanol–water partition coefficient (Wildman–Crippen LogP) is 9.03. The Kier molecular flexibility index (Phi) is 7.57. The van der Waals surface area contributed by atoms with Gasteiger partial charge in [-0.1, -0.05) is 63.5 Å². The van der Waals surface area contributed by atoms with Crippen LogP contribution in [0.1, 0.15) is 69.1 Å². The van der Waals surface area contributed by atoms with Crippen molar-refractivity contribution in [1.82, 2.24) is 14.5 Å². The maximum atomic E-state index is 4.91. The molecule has 41 heavy (non-hydrogen) atoms. The van der Waals surface area contributed by atoms with Gasteiger partial charge in [-0.15, -0.1) is 71.3 Å². The van der Waals surface area contributed by atoms with Gasteiger partial charge in [0.1, 0.15) is 0 Å². The third-order valence-electron chi connectivity index (χ3n) is 9.49. The molecule has 0 bridgehead atoms. The van der Waals surface area contributed by atoms with E-state index in [1.54, 1.807) is 5.57 Å². The molecule has 1 atom stereocenters. The van der Waals surface area contributed by atoms with E-state index in [0.29, 0.717) is 5.92 Å². The molecular weight excluding hydrogens is 679 g/mol. The predicted molar refractivity (Wildman–Crippen MR) is 164 cm³/mol. The molecule has 2 aromatic heterocycles. The molecule has 1 fully saturated rings. The third-order valence-corrected chi connectivity index (χ3v) is 9.49. The number of hydrogen-bond acceptors (Lipinski definition) is 2. The minimum atomic E-state index is 0. The van der Waals surface area contributed by atoms with Crippen LogP contribution in [0, 0.1) is 18.1 Å². The molecule has 3 heterocycles. The van der Waals surface area contributed by atoms with E-state index < -0.39 is 0 Å². The summed E-state index contributed by atoms with van der Waals surface area (Å²) in [6.07, 6.45) is 9.74. The van der Waals surface area contributed by atoms with Gasteiger partial charge in [-0.05, 0) is 53.5 Å². The SMILES string of the molecule is CC1c2cccnc2-c2[c-]cccc2C1(C)C.[Ir].[c-]1ccccc1-c1nc2cccc3c2n1CC=C3C1CCCC1. The van der Waals surface area contributed by atoms with Crippen LogP contribution in [0.2, 0.25) is 0 Å². The molecule has 3 aromatic carbocycles. The number of allylic oxidation sites excluding steroid dienone is 2. The molecule has 1 unspecified atom stereocenters. The van der Waals surface area contributed by atoms with E-state index in [-0.39, 0.29) is 25.5 Å². The fourth-order valence-corrected chi connectivity index (χ4v) is 7.03. The van der Waals surface area contributed by atoms with Gasteiger partial charge < -0.3 is 9.55 Å². The minimum Gasteiger partial charge on any atom is -0.360 e. The van der Waals surface area contributed by atoms with Crippen LogP contribution in [0.25, 0.3) is 39.3 Å². The molecule has 3 nitrogen and oxygen atoms in total. The van der Waals surface area contributed by atoms with Crippen LogP contribution in [0.15, 0.2) is 85.1 Å². The van der Waals surface area contributed by atoms with Gasteiger partial charge in [0.05, 0.1) is 16.9 Å². The molecule has 5 aromatic rings. The standard InChI is InChI=1S/C21H19N2.C16H16N.Ir/c1-2-9-16(10-3-1)21-22-19-12-6-11-18-17(15-7-4-5-8-15)13-14-23(21)20(18)19;1-11-12-8-6-10-17-15(12)13-7-4-5-9-14(13)16(11,2)3;/h1-3,6,9,11-13,15H,4-5,7-8,14H2;4-6,8-11H,1-3H3;/q2*-1;. The molecular formula is C37H35IrN3-2. The van der Waals surface area contributed by atoms with Crippen molar-refractivity contribution in [2.45, 2.75) is 64.3 Å². The Labute approximate surface area is 257 Å². The van der Waals surface area contributed by atoms with Gasteiger partial charge >= 0.3 is 0 Å². The van der Waals surface area contributed by atoms with E-state index in [4.69, 9.17) is 4.98 Å². The Balaban J connectivity index is 0.000000151. The van der Waals surface area contributed by atoms with Crippen LogP contribution in [0.3, 0.4) is 0 Å². The third kappa shape index (κ3) is 4.72. The first-order valence-corrected chi connectivity index (χ1v) is 14.7. The van der Waals surface area contributed by atoms with E-state index >= 15 is 0 Å². The molecule has 209 valence electrons. The summed E-state index contributed by atoms with van der Waals surface area (Å²) in [6, 6.07) is 31.9. The number of pyridine rings is 1. The summed E-state index contributed by atoms with van der Waals surface area (Å²) in [6.45, 7) is 7.83. The summed E-state index contributed by atoms with van der Waals surface area (Å²) in [7, 11) is 0. The number of imidazole rings is 1. The quantitative estimate of drug-likeness (QED) is 0.171. The van der Waals surface area contributed by atoms with Gasteiger partial charge in [-0.2, -0.15) is 0 Å². The molecule has 3 aliphatic rings. The van der Waals surface area contributed by atoms with Crippen molar-refractivity contribution < 1.29 is 20.1 Å². The van der Waals surface area contributed by atoms with Crippen LogP contribution >= 0.6 is 0 Å². The Bertz CT molecular complexity index is 1720. The number of fused-ring (bicyclic) bond motifs is 3. The number of hydrogen-bond donors (Lipinski definition) is 0. The van der Waals surface area contributed by atoms with Crippen molar-refractivity contribution in [1.29, 1.82) is 0 Å². The smallest absolute Gasteiger partial charge is 0.0777 e. The van der Waals surface area contributed by atoms with Gasteiger partial charge in [0, 0.05) is 38.4 Å². The van der Waals surface area contributed by atoms with E-state index in [1.807, 2.05) is 30.5 Å². The van der Waals surface area contributed by atoms with Crippen LogP contribution in [-0.4, -0.2) is 14.5 Å². The van der Waals surface area contributed by atoms with E-state index in [1.165, 1.54) is 53.5 Å². The van der Waals surface area contributed by atoms with Crippen LogP contribution < -0.4 is 0 Å². The maximum absolute atomic E-state index is 4.91. The number of benzene rings is 3. The number of aromatic nitrogens is 3. The molecule has 1 saturated carbocycles. The summed E-state index contributed by atoms with van der Waals surface area (Å²) >= 11 is 0. The Morgan fingerprint density at radius 1 is 0.902 bits per heavy atom. The Morgan fingerprint density at radius 2 is 1.73 bits per heavy atom. The molecule has 1 aliphatic heterocycles. The van der Waals surface area contributed by atoms with Gasteiger partial charge in [0.2, 0.25) is 0 Å². The number of rotatable bonds is 2. The second-order valence-corrected chi connectivity index (χ2v) is 12.0. The monoisotopic (exact) mass is 714 g/mol. The van der Waals surface area contributed by atoms with Gasteiger partial charge in [-0.3, -0.25) is 4.98 Å². The average Bonchev–Trinajstić information content (AvgIpc) is 3.67. The first-order chi connectivity index (χ1) is 19.5. The molecule has 8 rings (SSSR count). The fraction of sp³-hybridized carbons (Fsp3) is 0.297. The molecule has 4 heteroatoms. The van der Waals surface area contributed by atoms with E-state index in [9.17, 15) is 0 Å². The van der Waals surface area contributed by atoms with Crippen LogP contribution in [0.5, 0.6) is 0 Å². The fourth-order valence-electron chi connectivity index (χ4n) is 7.03. The summed E-state index contributed by atoms with van der Waals surface area (Å²) in [4.78, 5) is 9.46. The van der Waals surface area contributed by atoms with Crippen molar-refractivity contribution in [2.24, 2.45) is 5.92 Å². The molecule has 0 saturated heterocycles. The van der Waals surface area contributed by atoms with Crippen molar-refractivity contribution in [3.8, 4) is 22.6 Å². The second-order valence-electron chi connectivity index (χ2n) is 12.0. The zero-order valence-corrected chi connectivity index (χ0v) is 26.3. The van der Waals surface area contributed by atoms with Crippen molar-refractivity contribution in [3.05, 3.63) is 114 Å². The number of para-hydroxylation sites is 1. The minimum absolute atomic E-state index is 0.